The predicted octanol–water partition coefficient (Wildman–Crippen LogP) is 4.50. The van der Waals surface area contributed by atoms with Crippen molar-refractivity contribution in [2.24, 2.45) is 0 Å². The van der Waals surface area contributed by atoms with Crippen LogP contribution in [0.1, 0.15) is 0 Å². The standard InChI is InChI=1S/C15H10BrNO2/c16-12-7-8-13-11(15(12)18)6-9-14(17-13)19-10-4-2-1-3-5-10/h1-9,18H. The highest BCUT2D eigenvalue weighted by molar-refractivity contribution is 9.10. The van der Waals surface area contributed by atoms with Crippen molar-refractivity contribution in [3.63, 3.8) is 0 Å². The van der Waals surface area contributed by atoms with Gasteiger partial charge < -0.3 is 9.84 Å². The zero-order valence-corrected chi connectivity index (χ0v) is 11.5. The van der Waals surface area contributed by atoms with Crippen molar-refractivity contribution in [1.29, 1.82) is 0 Å². The summed E-state index contributed by atoms with van der Waals surface area (Å²) in [6, 6.07) is 16.6. The molecule has 0 saturated carbocycles. The molecule has 1 heterocycles. The van der Waals surface area contributed by atoms with Crippen molar-refractivity contribution < 1.29 is 9.84 Å². The molecule has 1 N–H and O–H groups in total. The first-order valence-electron chi connectivity index (χ1n) is 5.75. The lowest BCUT2D eigenvalue weighted by atomic mass is 10.2. The van der Waals surface area contributed by atoms with Crippen LogP contribution in [-0.4, -0.2) is 10.1 Å². The van der Waals surface area contributed by atoms with Crippen molar-refractivity contribution in [2.75, 3.05) is 0 Å². The van der Waals surface area contributed by atoms with Crippen LogP contribution in [0.4, 0.5) is 0 Å². The minimum Gasteiger partial charge on any atom is -0.506 e. The summed E-state index contributed by atoms with van der Waals surface area (Å²) in [5.41, 5.74) is 0.689. The Morgan fingerprint density at radius 3 is 2.53 bits per heavy atom. The third-order valence-corrected chi connectivity index (χ3v) is 3.37. The maximum absolute atomic E-state index is 9.91. The van der Waals surface area contributed by atoms with Gasteiger partial charge in [-0.1, -0.05) is 18.2 Å². The molecule has 0 bridgehead atoms. The Hall–Kier alpha value is -2.07. The van der Waals surface area contributed by atoms with Crippen molar-refractivity contribution in [3.8, 4) is 17.4 Å². The summed E-state index contributed by atoms with van der Waals surface area (Å²) in [6.45, 7) is 0. The first kappa shape index (κ1) is 12.0. The van der Waals surface area contributed by atoms with Crippen LogP contribution < -0.4 is 4.74 Å². The molecule has 1 aromatic heterocycles. The highest BCUT2D eigenvalue weighted by atomic mass is 79.9. The molecular formula is C15H10BrNO2. The summed E-state index contributed by atoms with van der Waals surface area (Å²) < 4.78 is 6.30. The number of nitrogens with zero attached hydrogens (tertiary/aromatic N) is 1. The Bertz CT molecular complexity index is 729. The minimum atomic E-state index is 0.191. The number of aromatic nitrogens is 1. The lowest BCUT2D eigenvalue weighted by Gasteiger charge is -2.07. The van der Waals surface area contributed by atoms with E-state index in [0.717, 1.165) is 5.75 Å². The Balaban J connectivity index is 2.01. The predicted molar refractivity (Wildman–Crippen MR) is 77.6 cm³/mol. The smallest absolute Gasteiger partial charge is 0.219 e. The van der Waals surface area contributed by atoms with Crippen LogP contribution >= 0.6 is 15.9 Å². The topological polar surface area (TPSA) is 42.4 Å². The first-order valence-corrected chi connectivity index (χ1v) is 6.54. The van der Waals surface area contributed by atoms with Crippen molar-refractivity contribution in [2.45, 2.75) is 0 Å². The van der Waals surface area contributed by atoms with E-state index in [-0.39, 0.29) is 5.75 Å². The fourth-order valence-electron chi connectivity index (χ4n) is 1.81. The van der Waals surface area contributed by atoms with Gasteiger partial charge in [0.2, 0.25) is 5.88 Å². The number of pyridine rings is 1. The van der Waals surface area contributed by atoms with Gasteiger partial charge in [-0.2, -0.15) is 0 Å². The molecule has 0 amide bonds. The Kier molecular flexibility index (Phi) is 3.09. The van der Waals surface area contributed by atoms with Gasteiger partial charge in [0.15, 0.2) is 0 Å². The number of hydrogen-bond acceptors (Lipinski definition) is 3. The average Bonchev–Trinajstić information content (AvgIpc) is 2.44. The van der Waals surface area contributed by atoms with E-state index in [9.17, 15) is 5.11 Å². The third-order valence-electron chi connectivity index (χ3n) is 2.73. The van der Waals surface area contributed by atoms with Gasteiger partial charge in [-0.05, 0) is 46.3 Å². The van der Waals surface area contributed by atoms with Crippen LogP contribution in [0.3, 0.4) is 0 Å². The lowest BCUT2D eigenvalue weighted by Crippen LogP contribution is -1.88. The summed E-state index contributed by atoms with van der Waals surface area (Å²) in [5, 5.41) is 10.6. The van der Waals surface area contributed by atoms with E-state index in [0.29, 0.717) is 21.3 Å². The molecule has 0 atom stereocenters. The molecule has 94 valence electrons. The van der Waals surface area contributed by atoms with E-state index in [4.69, 9.17) is 4.74 Å². The second-order valence-corrected chi connectivity index (χ2v) is 4.88. The molecule has 3 aromatic rings. The van der Waals surface area contributed by atoms with E-state index >= 15 is 0 Å². The van der Waals surface area contributed by atoms with Gasteiger partial charge in [0.25, 0.3) is 0 Å². The van der Waals surface area contributed by atoms with Crippen molar-refractivity contribution >= 4 is 26.8 Å². The SMILES string of the molecule is Oc1c(Br)ccc2nc(Oc3ccccc3)ccc12. The van der Waals surface area contributed by atoms with Crippen LogP contribution in [0.2, 0.25) is 0 Å². The largest absolute Gasteiger partial charge is 0.506 e. The van der Waals surface area contributed by atoms with Crippen LogP contribution in [0.25, 0.3) is 10.9 Å². The number of benzene rings is 2. The van der Waals surface area contributed by atoms with E-state index in [1.165, 1.54) is 0 Å². The Morgan fingerprint density at radius 2 is 1.74 bits per heavy atom. The molecule has 0 unspecified atom stereocenters. The second-order valence-electron chi connectivity index (χ2n) is 4.03. The molecule has 3 rings (SSSR count). The van der Waals surface area contributed by atoms with Crippen LogP contribution in [0.15, 0.2) is 59.1 Å². The van der Waals surface area contributed by atoms with Crippen molar-refractivity contribution in [3.05, 3.63) is 59.1 Å². The van der Waals surface area contributed by atoms with Crippen LogP contribution in [0, 0.1) is 0 Å². The van der Waals surface area contributed by atoms with Gasteiger partial charge in [0, 0.05) is 11.5 Å². The summed E-state index contributed by atoms with van der Waals surface area (Å²) >= 11 is 3.28. The fourth-order valence-corrected chi connectivity index (χ4v) is 2.16. The summed E-state index contributed by atoms with van der Waals surface area (Å²) in [4.78, 5) is 4.37. The molecule has 0 aliphatic rings. The Labute approximate surface area is 118 Å². The highest BCUT2D eigenvalue weighted by Gasteiger charge is 2.07. The molecule has 2 aromatic carbocycles. The molecule has 4 heteroatoms. The summed E-state index contributed by atoms with van der Waals surface area (Å²) in [5.74, 6) is 1.42. The summed E-state index contributed by atoms with van der Waals surface area (Å²) in [7, 11) is 0. The number of ether oxygens (including phenoxy) is 1. The number of para-hydroxylation sites is 1. The van der Waals surface area contributed by atoms with E-state index in [1.807, 2.05) is 36.4 Å². The van der Waals surface area contributed by atoms with E-state index in [1.54, 1.807) is 18.2 Å². The summed E-state index contributed by atoms with van der Waals surface area (Å²) in [6.07, 6.45) is 0. The zero-order chi connectivity index (χ0) is 13.2. The maximum atomic E-state index is 9.91. The molecule has 0 spiro atoms. The normalized spacial score (nSPS) is 10.6. The number of phenols is 1. The molecular weight excluding hydrogens is 306 g/mol. The lowest BCUT2D eigenvalue weighted by molar-refractivity contribution is 0.464. The van der Waals surface area contributed by atoms with E-state index in [2.05, 4.69) is 20.9 Å². The average molecular weight is 316 g/mol. The van der Waals surface area contributed by atoms with Gasteiger partial charge in [0.05, 0.1) is 9.99 Å². The zero-order valence-electron chi connectivity index (χ0n) is 9.88. The molecule has 0 fully saturated rings. The van der Waals surface area contributed by atoms with Crippen LogP contribution in [-0.2, 0) is 0 Å². The number of fused-ring (bicyclic) bond motifs is 1. The second kappa shape index (κ2) is 4.90. The third kappa shape index (κ3) is 2.39. The van der Waals surface area contributed by atoms with Crippen LogP contribution in [0.5, 0.6) is 17.4 Å². The van der Waals surface area contributed by atoms with E-state index < -0.39 is 0 Å². The molecule has 0 saturated heterocycles. The molecule has 19 heavy (non-hydrogen) atoms. The number of rotatable bonds is 2. The number of hydrogen-bond donors (Lipinski definition) is 1. The molecule has 3 nitrogen and oxygen atoms in total. The molecule has 0 radical (unpaired) electrons. The van der Waals surface area contributed by atoms with Gasteiger partial charge in [-0.3, -0.25) is 0 Å². The fraction of sp³-hybridized carbons (Fsp3) is 0. The first-order chi connectivity index (χ1) is 9.24. The number of aromatic hydroxyl groups is 1. The highest BCUT2D eigenvalue weighted by Crippen LogP contribution is 2.33. The van der Waals surface area contributed by atoms with Gasteiger partial charge in [0.1, 0.15) is 11.5 Å². The molecule has 0 aliphatic heterocycles. The van der Waals surface area contributed by atoms with Crippen molar-refractivity contribution in [1.82, 2.24) is 4.98 Å². The van der Waals surface area contributed by atoms with Gasteiger partial charge in [-0.25, -0.2) is 4.98 Å². The Morgan fingerprint density at radius 1 is 0.947 bits per heavy atom. The maximum Gasteiger partial charge on any atom is 0.219 e. The quantitative estimate of drug-likeness (QED) is 0.757. The molecule has 0 aliphatic carbocycles. The minimum absolute atomic E-state index is 0.191. The van der Waals surface area contributed by atoms with Gasteiger partial charge >= 0.3 is 0 Å². The number of phenolic OH excluding ortho intramolecular Hbond substituents is 1. The van der Waals surface area contributed by atoms with Gasteiger partial charge in [-0.15, -0.1) is 0 Å². The number of halogens is 1. The monoisotopic (exact) mass is 315 g/mol.